The highest BCUT2D eigenvalue weighted by Crippen LogP contribution is 2.25. The molecule has 0 rings (SSSR count). The Bertz CT molecular complexity index is 875. The van der Waals surface area contributed by atoms with Gasteiger partial charge in [-0.3, -0.25) is 24.0 Å². The molecule has 0 saturated heterocycles. The predicted molar refractivity (Wildman–Crippen MR) is 194 cm³/mol. The van der Waals surface area contributed by atoms with E-state index in [9.17, 15) is 24.0 Å². The van der Waals surface area contributed by atoms with Gasteiger partial charge >= 0.3 is 5.97 Å². The average molecular weight is 775 g/mol. The maximum Gasteiger partial charge on any atom is 0.312 e. The van der Waals surface area contributed by atoms with E-state index in [0.29, 0.717) is 75.9 Å². The second-order valence-corrected chi connectivity index (χ2v) is 14.9. The molecular formula is C34H62O15S2. The quantitative estimate of drug-likeness (QED) is 0.0306. The molecule has 0 aliphatic rings. The molecule has 15 nitrogen and oxygen atoms in total. The number of carbonyl (C=O) groups excluding carboxylic acids is 5. The first kappa shape index (κ1) is 51.3. The Kier molecular flexibility index (Phi) is 31.8. The highest BCUT2D eigenvalue weighted by atomic mass is 32.2. The van der Waals surface area contributed by atoms with Gasteiger partial charge in [-0.2, -0.15) is 23.5 Å². The number of rotatable bonds is 34. The first-order chi connectivity index (χ1) is 24.3. The van der Waals surface area contributed by atoms with Gasteiger partial charge in [0.15, 0.2) is 0 Å². The van der Waals surface area contributed by atoms with Gasteiger partial charge < -0.3 is 47.4 Å². The van der Waals surface area contributed by atoms with Crippen molar-refractivity contribution >= 4 is 54.0 Å². The molecule has 0 aromatic carbocycles. The minimum Gasteiger partial charge on any atom is -0.469 e. The summed E-state index contributed by atoms with van der Waals surface area (Å²) >= 11 is 2.86. The first-order valence-electron chi connectivity index (χ1n) is 16.3. The molecule has 0 aliphatic carbocycles. The van der Waals surface area contributed by atoms with Crippen molar-refractivity contribution in [3.8, 4) is 0 Å². The molecule has 0 radical (unpaired) electrons. The molecule has 0 aromatic rings. The van der Waals surface area contributed by atoms with Crippen LogP contribution in [0.15, 0.2) is 0 Å². The van der Waals surface area contributed by atoms with Crippen LogP contribution in [0.3, 0.4) is 0 Å². The highest BCUT2D eigenvalue weighted by molar-refractivity contribution is 7.99. The molecule has 0 spiro atoms. The second-order valence-electron chi connectivity index (χ2n) is 12.6. The molecule has 300 valence electrons. The molecule has 0 saturated carbocycles. The van der Waals surface area contributed by atoms with Crippen LogP contribution in [0.4, 0.5) is 0 Å². The van der Waals surface area contributed by atoms with Gasteiger partial charge in [-0.1, -0.05) is 0 Å². The fourth-order valence-electron chi connectivity index (χ4n) is 4.82. The lowest BCUT2D eigenvalue weighted by atomic mass is 9.90. The third-order valence-electron chi connectivity index (χ3n) is 7.07. The van der Waals surface area contributed by atoms with Crippen LogP contribution in [0.25, 0.3) is 0 Å². The van der Waals surface area contributed by atoms with Crippen LogP contribution in [0.1, 0.15) is 33.1 Å². The Balaban J connectivity index is 0. The fourth-order valence-corrected chi connectivity index (χ4v) is 6.94. The van der Waals surface area contributed by atoms with Gasteiger partial charge in [0.05, 0.1) is 82.6 Å². The summed E-state index contributed by atoms with van der Waals surface area (Å²) < 4.78 is 52.0. The van der Waals surface area contributed by atoms with Gasteiger partial charge in [-0.25, -0.2) is 0 Å². The third kappa shape index (κ3) is 24.9. The lowest BCUT2D eigenvalue weighted by Crippen LogP contribution is -2.45. The smallest absolute Gasteiger partial charge is 0.312 e. The van der Waals surface area contributed by atoms with Crippen molar-refractivity contribution in [2.45, 2.75) is 39.2 Å². The Hall–Kier alpha value is -1.83. The standard InChI is InChI=1S/C18H28O8S2.C16H34O7/c1-18(2,17(23)24-3)11-28-7-5-15(22)8-14(21)4-6-27-10-16(26-13-20)9-25-12-19;1-17-7-15(8-18-2,9-19-3)13-23-14-16(10-20-4,11-21-5)12-22-6/h12-13,16H,4-11H2,1-3H3;7-14H2,1-6H3. The molecule has 0 aliphatic heterocycles. The SMILES string of the molecule is COC(=O)C(C)(C)CSCCC(=O)CC(=O)CCSCC(COC=O)OC=O.COCC(COC)(COC)COCC(COC)(COC)COC. The molecule has 1 atom stereocenters. The largest absolute Gasteiger partial charge is 0.469 e. The molecule has 0 bridgehead atoms. The lowest BCUT2D eigenvalue weighted by Gasteiger charge is -2.35. The van der Waals surface area contributed by atoms with E-state index in [0.717, 1.165) is 0 Å². The molecular weight excluding hydrogens is 712 g/mol. The number of ether oxygens (including phenoxy) is 10. The van der Waals surface area contributed by atoms with E-state index in [1.165, 1.54) is 30.6 Å². The summed E-state index contributed by atoms with van der Waals surface area (Å²) in [6, 6.07) is 0. The van der Waals surface area contributed by atoms with E-state index in [2.05, 4.69) is 4.74 Å². The summed E-state index contributed by atoms with van der Waals surface area (Å²) in [6.45, 7) is 7.90. The first-order valence-corrected chi connectivity index (χ1v) is 18.6. The van der Waals surface area contributed by atoms with E-state index in [-0.39, 0.29) is 67.2 Å². The minimum atomic E-state index is -0.613. The summed E-state index contributed by atoms with van der Waals surface area (Å²) in [5.74, 6) is 1.39. The molecule has 0 amide bonds. The molecule has 0 heterocycles. The van der Waals surface area contributed by atoms with Crippen LogP contribution < -0.4 is 0 Å². The minimum absolute atomic E-state index is 0.0356. The zero-order valence-corrected chi connectivity index (χ0v) is 33.6. The molecule has 0 aromatic heterocycles. The maximum absolute atomic E-state index is 11.9. The van der Waals surface area contributed by atoms with E-state index < -0.39 is 11.5 Å². The fraction of sp³-hybridized carbons (Fsp3) is 0.853. The van der Waals surface area contributed by atoms with Crippen molar-refractivity contribution < 1.29 is 71.3 Å². The van der Waals surface area contributed by atoms with Crippen LogP contribution >= 0.6 is 23.5 Å². The van der Waals surface area contributed by atoms with Crippen LogP contribution in [-0.4, -0.2) is 169 Å². The molecule has 17 heteroatoms. The van der Waals surface area contributed by atoms with Gasteiger partial charge in [0, 0.05) is 78.5 Å². The summed E-state index contributed by atoms with van der Waals surface area (Å²) in [5.41, 5.74) is -1.31. The number of hydrogen-bond acceptors (Lipinski definition) is 17. The number of carbonyl (C=O) groups is 5. The van der Waals surface area contributed by atoms with E-state index >= 15 is 0 Å². The normalized spacial score (nSPS) is 12.3. The monoisotopic (exact) mass is 774 g/mol. The van der Waals surface area contributed by atoms with E-state index in [4.69, 9.17) is 42.6 Å². The zero-order valence-electron chi connectivity index (χ0n) is 32.0. The molecule has 51 heavy (non-hydrogen) atoms. The van der Waals surface area contributed by atoms with Gasteiger partial charge in [-0.15, -0.1) is 0 Å². The molecule has 0 fully saturated rings. The van der Waals surface area contributed by atoms with Gasteiger partial charge in [0.2, 0.25) is 0 Å². The Labute approximate surface area is 312 Å². The number of methoxy groups -OCH3 is 7. The number of hydrogen-bond donors (Lipinski definition) is 0. The Morgan fingerprint density at radius 1 is 0.627 bits per heavy atom. The third-order valence-corrected chi connectivity index (χ3v) is 9.59. The summed E-state index contributed by atoms with van der Waals surface area (Å²) in [5, 5.41) is 0. The van der Waals surface area contributed by atoms with Gasteiger partial charge in [0.1, 0.15) is 24.3 Å². The van der Waals surface area contributed by atoms with Crippen molar-refractivity contribution in [2.24, 2.45) is 16.2 Å². The number of thioether (sulfide) groups is 2. The van der Waals surface area contributed by atoms with Crippen LogP contribution in [0, 0.1) is 16.2 Å². The van der Waals surface area contributed by atoms with Crippen molar-refractivity contribution in [1.82, 2.24) is 0 Å². The Morgan fingerprint density at radius 3 is 1.43 bits per heavy atom. The highest BCUT2D eigenvalue weighted by Gasteiger charge is 2.35. The van der Waals surface area contributed by atoms with Crippen molar-refractivity contribution in [3.63, 3.8) is 0 Å². The zero-order chi connectivity index (χ0) is 39.0. The van der Waals surface area contributed by atoms with Crippen LogP contribution in [0.5, 0.6) is 0 Å². The summed E-state index contributed by atoms with van der Waals surface area (Å²) in [6.07, 6.45) is -0.152. The van der Waals surface area contributed by atoms with E-state index in [1.54, 1.807) is 56.5 Å². The maximum atomic E-state index is 11.9. The second kappa shape index (κ2) is 31.7. The van der Waals surface area contributed by atoms with Crippen molar-refractivity contribution in [2.75, 3.05) is 132 Å². The predicted octanol–water partition coefficient (Wildman–Crippen LogP) is 2.53. The lowest BCUT2D eigenvalue weighted by molar-refractivity contribution is -0.149. The number of ketones is 2. The average Bonchev–Trinajstić information content (AvgIpc) is 3.08. The number of Topliss-reactive ketones (excluding diaryl/α,β-unsaturated/α-hetero) is 2. The van der Waals surface area contributed by atoms with Crippen molar-refractivity contribution in [3.05, 3.63) is 0 Å². The molecule has 0 N–H and O–H groups in total. The van der Waals surface area contributed by atoms with E-state index in [1.807, 2.05) is 0 Å². The van der Waals surface area contributed by atoms with Crippen LogP contribution in [-0.2, 0) is 71.3 Å². The topological polar surface area (TPSA) is 178 Å². The summed E-state index contributed by atoms with van der Waals surface area (Å²) in [7, 11) is 11.3. The van der Waals surface area contributed by atoms with Gasteiger partial charge in [0.25, 0.3) is 12.9 Å². The Morgan fingerprint density at radius 2 is 1.06 bits per heavy atom. The molecule has 1 unspecified atom stereocenters. The van der Waals surface area contributed by atoms with Crippen molar-refractivity contribution in [1.29, 1.82) is 0 Å². The number of esters is 1. The summed E-state index contributed by atoms with van der Waals surface area (Å²) in [4.78, 5) is 55.8. The van der Waals surface area contributed by atoms with Crippen LogP contribution in [0.2, 0.25) is 0 Å². The van der Waals surface area contributed by atoms with Gasteiger partial charge in [-0.05, 0) is 13.8 Å².